The molecule has 1 saturated carbocycles. The summed E-state index contributed by atoms with van der Waals surface area (Å²) in [7, 11) is -3.72. The van der Waals surface area contributed by atoms with Gasteiger partial charge in [0.2, 0.25) is 5.91 Å². The van der Waals surface area contributed by atoms with E-state index in [1.54, 1.807) is 24.3 Å². The minimum atomic E-state index is -3.72. The van der Waals surface area contributed by atoms with Crippen LogP contribution in [-0.2, 0) is 14.8 Å². The molecule has 4 rings (SSSR count). The second kappa shape index (κ2) is 6.40. The summed E-state index contributed by atoms with van der Waals surface area (Å²) in [6.45, 7) is 2.03. The molecule has 2 aromatic rings. The highest BCUT2D eigenvalue weighted by Gasteiger charge is 2.43. The standard InChI is InChI=1S/C18H21N3O3S.ClH/c1-18(11-19,13-8-9-13)20-16(22)10-21-14-6-2-4-12-5-3-7-15(17(12)14)25(21,23)24;/h2-7,13H,8-11,19H2,1H3,(H,20,22);1H. The molecule has 2 aromatic carbocycles. The first-order chi connectivity index (χ1) is 11.9. The normalized spacial score (nSPS) is 19.7. The molecule has 0 spiro atoms. The Hall–Kier alpha value is -1.83. The number of sulfonamides is 1. The zero-order valence-electron chi connectivity index (χ0n) is 14.4. The maximum absolute atomic E-state index is 12.9. The second-order valence-corrected chi connectivity index (χ2v) is 8.92. The summed E-state index contributed by atoms with van der Waals surface area (Å²) in [5, 5.41) is 4.49. The maximum atomic E-state index is 12.9. The molecule has 0 saturated heterocycles. The molecule has 6 nitrogen and oxygen atoms in total. The topological polar surface area (TPSA) is 92.5 Å². The summed E-state index contributed by atoms with van der Waals surface area (Å²) >= 11 is 0. The number of nitrogens with two attached hydrogens (primary N) is 1. The molecule has 3 N–H and O–H groups in total. The molecule has 1 aliphatic carbocycles. The number of carbonyl (C=O) groups excluding carboxylic acids is 1. The number of anilines is 1. The summed E-state index contributed by atoms with van der Waals surface area (Å²) < 4.78 is 27.0. The van der Waals surface area contributed by atoms with Crippen LogP contribution in [0.3, 0.4) is 0 Å². The minimum Gasteiger partial charge on any atom is -0.348 e. The summed E-state index contributed by atoms with van der Waals surface area (Å²) in [6.07, 6.45) is 2.08. The molecule has 1 heterocycles. The highest BCUT2D eigenvalue weighted by Crippen LogP contribution is 2.42. The number of rotatable bonds is 5. The van der Waals surface area contributed by atoms with Crippen LogP contribution in [0.2, 0.25) is 0 Å². The average molecular weight is 396 g/mol. The molecule has 140 valence electrons. The zero-order chi connectivity index (χ0) is 17.8. The predicted octanol–water partition coefficient (Wildman–Crippen LogP) is 2.01. The van der Waals surface area contributed by atoms with Crippen LogP contribution in [0.25, 0.3) is 10.8 Å². The Labute approximate surface area is 159 Å². The quantitative estimate of drug-likeness (QED) is 0.809. The fraction of sp³-hybridized carbons (Fsp3) is 0.389. The molecule has 0 radical (unpaired) electrons. The fourth-order valence-corrected chi connectivity index (χ4v) is 5.32. The third-order valence-electron chi connectivity index (χ3n) is 5.30. The van der Waals surface area contributed by atoms with Gasteiger partial charge in [-0.3, -0.25) is 9.10 Å². The fourth-order valence-electron chi connectivity index (χ4n) is 3.66. The van der Waals surface area contributed by atoms with Gasteiger partial charge in [-0.1, -0.05) is 24.3 Å². The number of carbonyl (C=O) groups is 1. The van der Waals surface area contributed by atoms with E-state index in [4.69, 9.17) is 5.73 Å². The molecule has 1 atom stereocenters. The van der Waals surface area contributed by atoms with Crippen molar-refractivity contribution in [2.75, 3.05) is 17.4 Å². The van der Waals surface area contributed by atoms with Gasteiger partial charge in [-0.2, -0.15) is 0 Å². The molecular weight excluding hydrogens is 374 g/mol. The summed E-state index contributed by atoms with van der Waals surface area (Å²) in [5.74, 6) is 0.0468. The van der Waals surface area contributed by atoms with Gasteiger partial charge >= 0.3 is 0 Å². The van der Waals surface area contributed by atoms with Gasteiger partial charge in [-0.25, -0.2) is 8.42 Å². The highest BCUT2D eigenvalue weighted by atomic mass is 35.5. The average Bonchev–Trinajstić information content (AvgIpc) is 3.41. The van der Waals surface area contributed by atoms with E-state index in [9.17, 15) is 13.2 Å². The molecule has 0 bridgehead atoms. The van der Waals surface area contributed by atoms with Crippen LogP contribution in [0.1, 0.15) is 19.8 Å². The van der Waals surface area contributed by atoms with Crippen molar-refractivity contribution in [3.63, 3.8) is 0 Å². The Morgan fingerprint density at radius 1 is 1.27 bits per heavy atom. The lowest BCUT2D eigenvalue weighted by molar-refractivity contribution is -0.121. The number of nitrogens with one attached hydrogen (secondary N) is 1. The Kier molecular flexibility index (Phi) is 4.67. The number of benzene rings is 2. The molecule has 1 amide bonds. The lowest BCUT2D eigenvalue weighted by Crippen LogP contribution is -2.55. The van der Waals surface area contributed by atoms with E-state index in [-0.39, 0.29) is 29.8 Å². The lowest BCUT2D eigenvalue weighted by atomic mass is 9.96. The van der Waals surface area contributed by atoms with Crippen molar-refractivity contribution >= 4 is 44.8 Å². The first kappa shape index (κ1) is 18.9. The van der Waals surface area contributed by atoms with Gasteiger partial charge in [0.15, 0.2) is 0 Å². The van der Waals surface area contributed by atoms with Gasteiger partial charge in [-0.15, -0.1) is 12.4 Å². The third-order valence-corrected chi connectivity index (χ3v) is 7.10. The Bertz CT molecular complexity index is 970. The minimum absolute atomic E-state index is 0. The highest BCUT2D eigenvalue weighted by molar-refractivity contribution is 7.93. The van der Waals surface area contributed by atoms with Crippen molar-refractivity contribution in [1.82, 2.24) is 5.32 Å². The SMILES string of the molecule is CC(CN)(NC(=O)CN1c2cccc3cccc(c23)S1(=O)=O)C1CC1.Cl. The first-order valence-corrected chi connectivity index (χ1v) is 9.86. The van der Waals surface area contributed by atoms with Crippen LogP contribution < -0.4 is 15.4 Å². The third kappa shape index (κ3) is 2.84. The number of hydrogen-bond acceptors (Lipinski definition) is 4. The number of nitrogens with zero attached hydrogens (tertiary/aromatic N) is 1. The van der Waals surface area contributed by atoms with Gasteiger partial charge < -0.3 is 11.1 Å². The van der Waals surface area contributed by atoms with Crippen LogP contribution in [0.4, 0.5) is 5.69 Å². The molecular formula is C18H22ClN3O3S. The van der Waals surface area contributed by atoms with E-state index in [1.165, 1.54) is 4.31 Å². The van der Waals surface area contributed by atoms with Crippen molar-refractivity contribution in [3.05, 3.63) is 36.4 Å². The Morgan fingerprint density at radius 3 is 2.54 bits per heavy atom. The van der Waals surface area contributed by atoms with Gasteiger partial charge in [0.05, 0.1) is 16.1 Å². The smallest absolute Gasteiger partial charge is 0.265 e. The molecule has 1 aliphatic heterocycles. The van der Waals surface area contributed by atoms with Crippen LogP contribution in [-0.4, -0.2) is 33.0 Å². The van der Waals surface area contributed by atoms with E-state index in [0.717, 1.165) is 18.2 Å². The number of hydrogen-bond donors (Lipinski definition) is 2. The van der Waals surface area contributed by atoms with E-state index in [2.05, 4.69) is 5.32 Å². The molecule has 1 unspecified atom stereocenters. The number of halogens is 1. The molecule has 8 heteroatoms. The van der Waals surface area contributed by atoms with Crippen molar-refractivity contribution in [2.24, 2.45) is 11.7 Å². The van der Waals surface area contributed by atoms with Gasteiger partial charge in [0.1, 0.15) is 6.54 Å². The van der Waals surface area contributed by atoms with Crippen molar-refractivity contribution in [2.45, 2.75) is 30.2 Å². The molecule has 2 aliphatic rings. The summed E-state index contributed by atoms with van der Waals surface area (Å²) in [5.41, 5.74) is 5.93. The van der Waals surface area contributed by atoms with Crippen LogP contribution in [0.5, 0.6) is 0 Å². The van der Waals surface area contributed by atoms with Crippen LogP contribution >= 0.6 is 12.4 Å². The first-order valence-electron chi connectivity index (χ1n) is 8.42. The molecule has 26 heavy (non-hydrogen) atoms. The van der Waals surface area contributed by atoms with E-state index in [1.807, 2.05) is 19.1 Å². The van der Waals surface area contributed by atoms with Crippen molar-refractivity contribution < 1.29 is 13.2 Å². The second-order valence-electron chi connectivity index (χ2n) is 7.09. The van der Waals surface area contributed by atoms with Crippen molar-refractivity contribution in [1.29, 1.82) is 0 Å². The van der Waals surface area contributed by atoms with Crippen molar-refractivity contribution in [3.8, 4) is 0 Å². The van der Waals surface area contributed by atoms with Gasteiger partial charge in [-0.05, 0) is 43.2 Å². The predicted molar refractivity (Wildman–Crippen MR) is 104 cm³/mol. The van der Waals surface area contributed by atoms with Crippen LogP contribution in [0, 0.1) is 5.92 Å². The summed E-state index contributed by atoms with van der Waals surface area (Å²) in [6, 6.07) is 10.6. The maximum Gasteiger partial charge on any atom is 0.265 e. The van der Waals surface area contributed by atoms with E-state index in [0.29, 0.717) is 23.5 Å². The van der Waals surface area contributed by atoms with E-state index >= 15 is 0 Å². The Balaban J connectivity index is 0.00000196. The van der Waals surface area contributed by atoms with Crippen LogP contribution in [0.15, 0.2) is 41.3 Å². The monoisotopic (exact) mass is 395 g/mol. The number of amides is 1. The summed E-state index contributed by atoms with van der Waals surface area (Å²) in [4.78, 5) is 12.9. The lowest BCUT2D eigenvalue weighted by Gasteiger charge is -2.30. The Morgan fingerprint density at radius 2 is 1.92 bits per heavy atom. The largest absolute Gasteiger partial charge is 0.348 e. The van der Waals surface area contributed by atoms with Gasteiger partial charge in [0, 0.05) is 11.9 Å². The molecule has 0 aromatic heterocycles. The zero-order valence-corrected chi connectivity index (χ0v) is 16.1. The van der Waals surface area contributed by atoms with Gasteiger partial charge in [0.25, 0.3) is 10.0 Å². The van der Waals surface area contributed by atoms with E-state index < -0.39 is 15.6 Å². The molecule has 1 fully saturated rings.